The Bertz CT molecular complexity index is 1180. The summed E-state index contributed by atoms with van der Waals surface area (Å²) in [7, 11) is 0. The fourth-order valence-electron chi connectivity index (χ4n) is 3.27. The molecule has 0 unspecified atom stereocenters. The summed E-state index contributed by atoms with van der Waals surface area (Å²) in [6.45, 7) is 4.65. The van der Waals surface area contributed by atoms with E-state index >= 15 is 0 Å². The van der Waals surface area contributed by atoms with Crippen LogP contribution in [-0.2, 0) is 16.1 Å². The summed E-state index contributed by atoms with van der Waals surface area (Å²) in [6, 6.07) is 19.4. The summed E-state index contributed by atoms with van der Waals surface area (Å²) in [5.41, 5.74) is 4.09. The minimum atomic E-state index is -0.393. The molecule has 3 aromatic carbocycles. The zero-order valence-corrected chi connectivity index (χ0v) is 17.9. The van der Waals surface area contributed by atoms with E-state index in [0.717, 1.165) is 22.3 Å². The second-order valence-corrected chi connectivity index (χ2v) is 7.42. The molecule has 4 rings (SSSR count). The molecule has 0 atom stereocenters. The van der Waals surface area contributed by atoms with Gasteiger partial charge in [0.25, 0.3) is 0 Å². The van der Waals surface area contributed by atoms with Crippen LogP contribution in [0, 0.1) is 12.7 Å². The molecular formula is C27H23FO4. The van der Waals surface area contributed by atoms with Gasteiger partial charge in [-0.25, -0.2) is 9.18 Å². The topological polar surface area (TPSA) is 44.8 Å². The van der Waals surface area contributed by atoms with Crippen LogP contribution in [0.3, 0.4) is 0 Å². The van der Waals surface area contributed by atoms with E-state index in [-0.39, 0.29) is 12.4 Å². The first-order valence-electron chi connectivity index (χ1n) is 10.4. The van der Waals surface area contributed by atoms with Crippen molar-refractivity contribution >= 4 is 17.8 Å². The lowest BCUT2D eigenvalue weighted by Gasteiger charge is -2.13. The summed E-state index contributed by atoms with van der Waals surface area (Å²) in [5, 5.41) is 0. The van der Waals surface area contributed by atoms with Crippen molar-refractivity contribution in [3.63, 3.8) is 0 Å². The molecule has 0 aliphatic carbocycles. The number of rotatable bonds is 7. The Hall–Kier alpha value is -3.86. The zero-order valence-electron chi connectivity index (χ0n) is 17.9. The Morgan fingerprint density at radius 2 is 1.69 bits per heavy atom. The van der Waals surface area contributed by atoms with Crippen molar-refractivity contribution < 1.29 is 23.4 Å². The maximum atomic E-state index is 13.1. The Morgan fingerprint density at radius 3 is 2.41 bits per heavy atom. The molecular weight excluding hydrogens is 407 g/mol. The van der Waals surface area contributed by atoms with E-state index in [1.54, 1.807) is 30.4 Å². The molecule has 32 heavy (non-hydrogen) atoms. The first-order valence-corrected chi connectivity index (χ1v) is 10.4. The molecule has 0 radical (unpaired) electrons. The number of esters is 1. The molecule has 0 saturated carbocycles. The average molecular weight is 430 g/mol. The van der Waals surface area contributed by atoms with Gasteiger partial charge in [0.1, 0.15) is 18.2 Å². The number of carbonyl (C=O) groups excluding carboxylic acids is 1. The third-order valence-corrected chi connectivity index (χ3v) is 4.96. The number of halogens is 1. The first kappa shape index (κ1) is 21.4. The van der Waals surface area contributed by atoms with Crippen molar-refractivity contribution in [2.45, 2.75) is 20.5 Å². The highest BCUT2D eigenvalue weighted by molar-refractivity contribution is 6.05. The van der Waals surface area contributed by atoms with Crippen LogP contribution < -0.4 is 9.47 Å². The molecule has 0 N–H and O–H groups in total. The molecule has 5 heteroatoms. The lowest BCUT2D eigenvalue weighted by atomic mass is 10.1. The third kappa shape index (κ3) is 5.06. The van der Waals surface area contributed by atoms with Crippen molar-refractivity contribution in [3.05, 3.63) is 106 Å². The molecule has 1 aliphatic rings. The van der Waals surface area contributed by atoms with E-state index in [9.17, 15) is 9.18 Å². The highest BCUT2D eigenvalue weighted by atomic mass is 19.1. The number of hydrogen-bond acceptors (Lipinski definition) is 4. The molecule has 0 bridgehead atoms. The van der Waals surface area contributed by atoms with Crippen LogP contribution in [0.2, 0.25) is 0 Å². The molecule has 0 amide bonds. The fraction of sp³-hybridized carbons (Fsp3) is 0.148. The van der Waals surface area contributed by atoms with Gasteiger partial charge in [0.05, 0.1) is 12.2 Å². The second kappa shape index (κ2) is 9.52. The summed E-state index contributed by atoms with van der Waals surface area (Å²) >= 11 is 0. The van der Waals surface area contributed by atoms with Gasteiger partial charge in [-0.2, -0.15) is 0 Å². The largest absolute Gasteiger partial charge is 0.490 e. The molecule has 0 fully saturated rings. The molecule has 1 heterocycles. The highest BCUT2D eigenvalue weighted by Crippen LogP contribution is 2.32. The summed E-state index contributed by atoms with van der Waals surface area (Å²) in [5.74, 6) is 0.994. The number of aryl methyl sites for hydroxylation is 1. The Kier molecular flexibility index (Phi) is 6.36. The molecule has 162 valence electrons. The maximum Gasteiger partial charge on any atom is 0.343 e. The van der Waals surface area contributed by atoms with Gasteiger partial charge in [-0.05, 0) is 61.4 Å². The predicted octanol–water partition coefficient (Wildman–Crippen LogP) is 6.09. The smallest absolute Gasteiger partial charge is 0.343 e. The molecule has 1 aliphatic heterocycles. The van der Waals surface area contributed by atoms with Crippen molar-refractivity contribution in [2.75, 3.05) is 6.61 Å². The van der Waals surface area contributed by atoms with Gasteiger partial charge in [-0.1, -0.05) is 48.0 Å². The van der Waals surface area contributed by atoms with Gasteiger partial charge in [-0.3, -0.25) is 0 Å². The van der Waals surface area contributed by atoms with Gasteiger partial charge in [-0.15, -0.1) is 0 Å². The minimum Gasteiger partial charge on any atom is -0.490 e. The lowest BCUT2D eigenvalue weighted by molar-refractivity contribution is -0.130. The Balaban J connectivity index is 1.54. The first-order chi connectivity index (χ1) is 15.5. The van der Waals surface area contributed by atoms with Crippen LogP contribution in [0.25, 0.3) is 11.8 Å². The third-order valence-electron chi connectivity index (χ3n) is 4.96. The van der Waals surface area contributed by atoms with Crippen LogP contribution in [0.5, 0.6) is 11.5 Å². The number of carbonyl (C=O) groups is 1. The SMILES string of the molecule is CCOc1cc(/C=C2\C=C(c3ccc(C)cc3)OC2=O)ccc1OCc1ccc(F)cc1. The number of benzene rings is 3. The normalized spacial score (nSPS) is 14.3. The molecule has 0 saturated heterocycles. The fourth-order valence-corrected chi connectivity index (χ4v) is 3.27. The van der Waals surface area contributed by atoms with Crippen LogP contribution in [-0.4, -0.2) is 12.6 Å². The highest BCUT2D eigenvalue weighted by Gasteiger charge is 2.22. The predicted molar refractivity (Wildman–Crippen MR) is 122 cm³/mol. The van der Waals surface area contributed by atoms with Gasteiger partial charge in [0.15, 0.2) is 11.5 Å². The molecule has 0 aromatic heterocycles. The Labute approximate surface area is 186 Å². The summed E-state index contributed by atoms with van der Waals surface area (Å²) < 4.78 is 30.1. The van der Waals surface area contributed by atoms with E-state index in [1.165, 1.54) is 12.1 Å². The van der Waals surface area contributed by atoms with Gasteiger partial charge >= 0.3 is 5.97 Å². The zero-order chi connectivity index (χ0) is 22.5. The van der Waals surface area contributed by atoms with E-state index in [1.807, 2.05) is 50.2 Å². The monoisotopic (exact) mass is 430 g/mol. The number of cyclic esters (lactones) is 1. The van der Waals surface area contributed by atoms with Crippen LogP contribution in [0.4, 0.5) is 4.39 Å². The van der Waals surface area contributed by atoms with Gasteiger partial charge in [0, 0.05) is 5.56 Å². The second-order valence-electron chi connectivity index (χ2n) is 7.42. The van der Waals surface area contributed by atoms with E-state index in [4.69, 9.17) is 14.2 Å². The van der Waals surface area contributed by atoms with E-state index in [2.05, 4.69) is 0 Å². The maximum absolute atomic E-state index is 13.1. The quantitative estimate of drug-likeness (QED) is 0.336. The van der Waals surface area contributed by atoms with E-state index in [0.29, 0.717) is 29.4 Å². The van der Waals surface area contributed by atoms with Crippen molar-refractivity contribution in [2.24, 2.45) is 0 Å². The van der Waals surface area contributed by atoms with Gasteiger partial charge in [0.2, 0.25) is 0 Å². The lowest BCUT2D eigenvalue weighted by Crippen LogP contribution is -2.00. The standard InChI is InChI=1S/C27H23FO4/c1-3-30-26-15-20(8-13-24(26)31-17-19-6-11-23(28)12-7-19)14-22-16-25(32-27(22)29)21-9-4-18(2)5-10-21/h4-16H,3,17H2,1-2H3/b22-14+. The van der Waals surface area contributed by atoms with Crippen LogP contribution >= 0.6 is 0 Å². The van der Waals surface area contributed by atoms with E-state index < -0.39 is 5.97 Å². The van der Waals surface area contributed by atoms with Crippen LogP contribution in [0.1, 0.15) is 29.2 Å². The number of ether oxygens (including phenoxy) is 3. The molecule has 3 aromatic rings. The van der Waals surface area contributed by atoms with Crippen molar-refractivity contribution in [1.29, 1.82) is 0 Å². The van der Waals surface area contributed by atoms with Crippen molar-refractivity contribution in [1.82, 2.24) is 0 Å². The minimum absolute atomic E-state index is 0.286. The Morgan fingerprint density at radius 1 is 0.938 bits per heavy atom. The van der Waals surface area contributed by atoms with Crippen molar-refractivity contribution in [3.8, 4) is 11.5 Å². The summed E-state index contributed by atoms with van der Waals surface area (Å²) in [4.78, 5) is 12.4. The molecule has 4 nitrogen and oxygen atoms in total. The molecule has 0 spiro atoms. The van der Waals surface area contributed by atoms with Gasteiger partial charge < -0.3 is 14.2 Å². The summed E-state index contributed by atoms with van der Waals surface area (Å²) in [6.07, 6.45) is 3.50. The van der Waals surface area contributed by atoms with Crippen LogP contribution in [0.15, 0.2) is 78.4 Å². The number of hydrogen-bond donors (Lipinski definition) is 0. The average Bonchev–Trinajstić information content (AvgIpc) is 3.15.